The number of nitrogens with zero attached hydrogens (tertiary/aromatic N) is 1. The molecule has 5 nitrogen and oxygen atoms in total. The second-order valence-electron chi connectivity index (χ2n) is 3.48. The summed E-state index contributed by atoms with van der Waals surface area (Å²) in [6, 6.07) is 4.41. The minimum atomic E-state index is -1.57. The van der Waals surface area contributed by atoms with Crippen LogP contribution < -0.4 is 14.6 Å². The Balaban J connectivity index is 3.27. The number of hydrogen-bond acceptors (Lipinski definition) is 5. The maximum Gasteiger partial charge on any atom is 0.181 e. The molecule has 0 spiro atoms. The molecule has 6 heteroatoms. The Morgan fingerprint density at radius 1 is 1.60 bits per heavy atom. The van der Waals surface area contributed by atoms with Crippen LogP contribution in [0.3, 0.4) is 0 Å². The van der Waals surface area contributed by atoms with Crippen molar-refractivity contribution in [2.24, 2.45) is 0 Å². The molecular formula is C14H9ClNO4-. The van der Waals surface area contributed by atoms with Crippen LogP contribution in [0.1, 0.15) is 5.56 Å². The van der Waals surface area contributed by atoms with Crippen molar-refractivity contribution in [3.63, 3.8) is 0 Å². The number of ether oxygens (including phenoxy) is 2. The molecule has 0 aromatic heterocycles. The molecule has 0 aliphatic rings. The van der Waals surface area contributed by atoms with Gasteiger partial charge in [0.1, 0.15) is 12.7 Å². The number of methoxy groups -OCH3 is 1. The summed E-state index contributed by atoms with van der Waals surface area (Å²) < 4.78 is 10.3. The predicted molar refractivity (Wildman–Crippen MR) is 70.9 cm³/mol. The van der Waals surface area contributed by atoms with Gasteiger partial charge < -0.3 is 19.4 Å². The van der Waals surface area contributed by atoms with E-state index in [0.717, 1.165) is 6.08 Å². The number of rotatable bonds is 5. The van der Waals surface area contributed by atoms with E-state index in [0.29, 0.717) is 5.56 Å². The van der Waals surface area contributed by atoms with E-state index >= 15 is 0 Å². The molecule has 0 aliphatic carbocycles. The number of benzene rings is 1. The van der Waals surface area contributed by atoms with Gasteiger partial charge in [-0.15, -0.1) is 6.42 Å². The van der Waals surface area contributed by atoms with E-state index < -0.39 is 11.5 Å². The number of carbonyl (C=O) groups excluding carboxylic acids is 1. The molecule has 1 aromatic carbocycles. The van der Waals surface area contributed by atoms with Crippen LogP contribution in [-0.4, -0.2) is 19.7 Å². The summed E-state index contributed by atoms with van der Waals surface area (Å²) in [5.74, 6) is 1.23. The van der Waals surface area contributed by atoms with Gasteiger partial charge in [0.05, 0.1) is 23.7 Å². The van der Waals surface area contributed by atoms with Crippen molar-refractivity contribution in [3.8, 4) is 29.9 Å². The molecule has 0 N–H and O–H groups in total. The lowest BCUT2D eigenvalue weighted by Gasteiger charge is -2.12. The summed E-state index contributed by atoms with van der Waals surface area (Å²) in [5.41, 5.74) is -0.166. The Morgan fingerprint density at radius 2 is 2.30 bits per heavy atom. The highest BCUT2D eigenvalue weighted by molar-refractivity contribution is 6.32. The van der Waals surface area contributed by atoms with Crippen LogP contribution in [0.15, 0.2) is 17.7 Å². The van der Waals surface area contributed by atoms with Gasteiger partial charge >= 0.3 is 0 Å². The number of nitriles is 1. The van der Waals surface area contributed by atoms with Gasteiger partial charge in [-0.2, -0.15) is 5.26 Å². The summed E-state index contributed by atoms with van der Waals surface area (Å²) in [5, 5.41) is 19.5. The van der Waals surface area contributed by atoms with E-state index in [2.05, 4.69) is 5.92 Å². The lowest BCUT2D eigenvalue weighted by Crippen LogP contribution is -2.23. The minimum Gasteiger partial charge on any atom is -0.544 e. The molecule has 0 fully saturated rings. The number of carboxylic acid groups (broad SMARTS) is 1. The van der Waals surface area contributed by atoms with E-state index in [-0.39, 0.29) is 23.1 Å². The fourth-order valence-electron chi connectivity index (χ4n) is 1.38. The molecule has 0 aliphatic heterocycles. The van der Waals surface area contributed by atoms with Crippen LogP contribution in [0.25, 0.3) is 6.08 Å². The van der Waals surface area contributed by atoms with Crippen LogP contribution in [0, 0.1) is 23.7 Å². The predicted octanol–water partition coefficient (Wildman–Crippen LogP) is 1.02. The summed E-state index contributed by atoms with van der Waals surface area (Å²) in [7, 11) is 1.39. The topological polar surface area (TPSA) is 82.4 Å². The molecule has 1 rings (SSSR count). The average Bonchev–Trinajstić information content (AvgIpc) is 2.42. The summed E-state index contributed by atoms with van der Waals surface area (Å²) in [4.78, 5) is 10.7. The summed E-state index contributed by atoms with van der Waals surface area (Å²) >= 11 is 6.01. The highest BCUT2D eigenvalue weighted by atomic mass is 35.5. The summed E-state index contributed by atoms with van der Waals surface area (Å²) in [6.45, 7) is 0.00770. The van der Waals surface area contributed by atoms with Gasteiger partial charge in [-0.25, -0.2) is 0 Å². The third-order valence-electron chi connectivity index (χ3n) is 2.20. The molecule has 0 saturated heterocycles. The minimum absolute atomic E-state index is 0.00770. The van der Waals surface area contributed by atoms with Gasteiger partial charge in [0, 0.05) is 0 Å². The van der Waals surface area contributed by atoms with Gasteiger partial charge in [0.15, 0.2) is 11.5 Å². The normalized spacial score (nSPS) is 10.3. The van der Waals surface area contributed by atoms with Crippen molar-refractivity contribution in [2.75, 3.05) is 13.7 Å². The number of aliphatic carboxylic acids is 1. The quantitative estimate of drug-likeness (QED) is 0.459. The molecule has 0 heterocycles. The first-order valence-electron chi connectivity index (χ1n) is 5.30. The molecule has 0 saturated carbocycles. The zero-order valence-electron chi connectivity index (χ0n) is 10.5. The van der Waals surface area contributed by atoms with Gasteiger partial charge in [-0.3, -0.25) is 0 Å². The van der Waals surface area contributed by atoms with Crippen LogP contribution in [0.5, 0.6) is 11.5 Å². The van der Waals surface area contributed by atoms with Crippen LogP contribution in [0.4, 0.5) is 0 Å². The Hall–Kier alpha value is -2.63. The zero-order chi connectivity index (χ0) is 15.1. The Morgan fingerprint density at radius 3 is 2.80 bits per heavy atom. The fourth-order valence-corrected chi connectivity index (χ4v) is 1.65. The van der Waals surface area contributed by atoms with Crippen molar-refractivity contribution >= 4 is 23.6 Å². The Labute approximate surface area is 121 Å². The molecule has 0 unspecified atom stereocenters. The van der Waals surface area contributed by atoms with Gasteiger partial charge in [-0.05, 0) is 23.8 Å². The summed E-state index contributed by atoms with van der Waals surface area (Å²) in [6.07, 6.45) is 6.21. The molecule has 1 aromatic rings. The number of carboxylic acids is 1. The maximum atomic E-state index is 10.7. The number of halogens is 1. The van der Waals surface area contributed by atoms with E-state index in [1.54, 1.807) is 0 Å². The first-order chi connectivity index (χ1) is 9.53. The smallest absolute Gasteiger partial charge is 0.181 e. The lowest BCUT2D eigenvalue weighted by atomic mass is 10.1. The standard InChI is InChI=1S/C14H10ClNO4/c1-3-4-20-13-11(15)6-9(7-12(13)19-2)5-10(8-16)14(17)18/h1,5-7H,4H2,2H3,(H,17,18)/p-1/b10-5+. The van der Waals surface area contributed by atoms with Crippen molar-refractivity contribution in [2.45, 2.75) is 0 Å². The van der Waals surface area contributed by atoms with Crippen molar-refractivity contribution < 1.29 is 19.4 Å². The molecule has 0 radical (unpaired) electrons. The zero-order valence-corrected chi connectivity index (χ0v) is 11.2. The lowest BCUT2D eigenvalue weighted by molar-refractivity contribution is -0.298. The Bertz CT molecular complexity index is 638. The van der Waals surface area contributed by atoms with E-state index in [1.165, 1.54) is 25.3 Å². The van der Waals surface area contributed by atoms with Crippen LogP contribution in [0.2, 0.25) is 5.02 Å². The first kappa shape index (κ1) is 15.4. The second kappa shape index (κ2) is 7.08. The molecule has 20 heavy (non-hydrogen) atoms. The second-order valence-corrected chi connectivity index (χ2v) is 3.89. The fraction of sp³-hybridized carbons (Fsp3) is 0.143. The van der Waals surface area contributed by atoms with E-state index in [4.69, 9.17) is 32.8 Å². The molecular weight excluding hydrogens is 282 g/mol. The van der Waals surface area contributed by atoms with Crippen molar-refractivity contribution in [3.05, 3.63) is 28.3 Å². The molecule has 102 valence electrons. The Kier molecular flexibility index (Phi) is 5.46. The van der Waals surface area contributed by atoms with Gasteiger partial charge in [-0.1, -0.05) is 17.5 Å². The average molecular weight is 291 g/mol. The van der Waals surface area contributed by atoms with Gasteiger partial charge in [0.25, 0.3) is 0 Å². The molecule has 0 atom stereocenters. The van der Waals surface area contributed by atoms with Crippen molar-refractivity contribution in [1.29, 1.82) is 5.26 Å². The van der Waals surface area contributed by atoms with E-state index in [1.807, 2.05) is 0 Å². The van der Waals surface area contributed by atoms with Crippen molar-refractivity contribution in [1.82, 2.24) is 0 Å². The highest BCUT2D eigenvalue weighted by Crippen LogP contribution is 2.36. The third kappa shape index (κ3) is 3.68. The van der Waals surface area contributed by atoms with Crippen LogP contribution in [-0.2, 0) is 4.79 Å². The number of hydrogen-bond donors (Lipinski definition) is 0. The monoisotopic (exact) mass is 290 g/mol. The maximum absolute atomic E-state index is 10.7. The third-order valence-corrected chi connectivity index (χ3v) is 2.48. The number of terminal acetylenes is 1. The molecule has 0 bridgehead atoms. The molecule has 0 amide bonds. The first-order valence-corrected chi connectivity index (χ1v) is 5.68. The van der Waals surface area contributed by atoms with Crippen LogP contribution >= 0.6 is 11.6 Å². The van der Waals surface area contributed by atoms with Gasteiger partial charge in [0.2, 0.25) is 0 Å². The number of carbonyl (C=O) groups is 1. The SMILES string of the molecule is C#CCOc1c(Cl)cc(/C=C(\C#N)C(=O)[O-])cc1OC. The largest absolute Gasteiger partial charge is 0.544 e. The van der Waals surface area contributed by atoms with E-state index in [9.17, 15) is 9.90 Å². The highest BCUT2D eigenvalue weighted by Gasteiger charge is 2.11.